The van der Waals surface area contributed by atoms with E-state index in [0.29, 0.717) is 12.2 Å². The zero-order valence-electron chi connectivity index (χ0n) is 10.6. The van der Waals surface area contributed by atoms with E-state index < -0.39 is 0 Å². The second kappa shape index (κ2) is 5.50. The minimum atomic E-state index is -0.270. The van der Waals surface area contributed by atoms with Gasteiger partial charge in [0.1, 0.15) is 0 Å². The molecule has 0 aliphatic heterocycles. The monoisotopic (exact) mass is 240 g/mol. The van der Waals surface area contributed by atoms with Crippen LogP contribution in [0.5, 0.6) is 0 Å². The highest BCUT2D eigenvalue weighted by molar-refractivity contribution is 5.90. The summed E-state index contributed by atoms with van der Waals surface area (Å²) in [6.45, 7) is 4.27. The number of ether oxygens (including phenoxy) is 1. The molecular weight excluding hydrogens is 224 g/mol. The van der Waals surface area contributed by atoms with Crippen molar-refractivity contribution < 1.29 is 9.53 Å². The average Bonchev–Trinajstić information content (AvgIpc) is 2.40. The van der Waals surface area contributed by atoms with E-state index in [-0.39, 0.29) is 5.97 Å². The minimum Gasteiger partial charge on any atom is -0.462 e. The molecule has 0 heterocycles. The van der Waals surface area contributed by atoms with E-state index in [1.165, 1.54) is 5.56 Å². The second-order valence-corrected chi connectivity index (χ2v) is 4.16. The highest BCUT2D eigenvalue weighted by Crippen LogP contribution is 2.20. The third kappa shape index (κ3) is 2.77. The molecule has 0 aliphatic rings. The molecule has 0 aromatic heterocycles. The minimum absolute atomic E-state index is 0.270. The van der Waals surface area contributed by atoms with E-state index >= 15 is 0 Å². The number of carbonyl (C=O) groups is 1. The molecule has 0 bridgehead atoms. The van der Waals surface area contributed by atoms with Crippen molar-refractivity contribution in [1.82, 2.24) is 0 Å². The summed E-state index contributed by atoms with van der Waals surface area (Å²) >= 11 is 0. The van der Waals surface area contributed by atoms with Crippen molar-refractivity contribution >= 4 is 5.97 Å². The van der Waals surface area contributed by atoms with Crippen molar-refractivity contribution in [2.75, 3.05) is 6.61 Å². The molecule has 0 radical (unpaired) electrons. The van der Waals surface area contributed by atoms with Crippen LogP contribution in [0.1, 0.15) is 22.8 Å². The molecule has 0 saturated carbocycles. The Morgan fingerprint density at radius 1 is 0.944 bits per heavy atom. The number of aryl methyl sites for hydroxylation is 1. The van der Waals surface area contributed by atoms with E-state index in [9.17, 15) is 4.79 Å². The molecule has 0 aliphatic carbocycles. The summed E-state index contributed by atoms with van der Waals surface area (Å²) in [4.78, 5) is 11.5. The van der Waals surface area contributed by atoms with Crippen LogP contribution in [0.4, 0.5) is 0 Å². The molecular formula is C16H16O2. The van der Waals surface area contributed by atoms with E-state index in [4.69, 9.17) is 4.74 Å². The smallest absolute Gasteiger partial charge is 0.338 e. The predicted molar refractivity (Wildman–Crippen MR) is 72.6 cm³/mol. The Bertz CT molecular complexity index is 524. The second-order valence-electron chi connectivity index (χ2n) is 4.16. The third-order valence-electron chi connectivity index (χ3n) is 2.78. The highest BCUT2D eigenvalue weighted by atomic mass is 16.5. The van der Waals surface area contributed by atoms with Crippen LogP contribution in [0.2, 0.25) is 0 Å². The van der Waals surface area contributed by atoms with Crippen LogP contribution in [0.25, 0.3) is 11.1 Å². The SMILES string of the molecule is CCOC(=O)c1ccc(-c2ccc(C)cc2)cc1. The van der Waals surface area contributed by atoms with Gasteiger partial charge < -0.3 is 4.74 Å². The number of hydrogen-bond donors (Lipinski definition) is 0. The van der Waals surface area contributed by atoms with Crippen LogP contribution < -0.4 is 0 Å². The maximum atomic E-state index is 11.5. The Labute approximate surface area is 107 Å². The fraction of sp³-hybridized carbons (Fsp3) is 0.188. The van der Waals surface area contributed by atoms with Crippen LogP contribution >= 0.6 is 0 Å². The lowest BCUT2D eigenvalue weighted by molar-refractivity contribution is 0.0526. The summed E-state index contributed by atoms with van der Waals surface area (Å²) in [6.07, 6.45) is 0. The van der Waals surface area contributed by atoms with Gasteiger partial charge in [0.05, 0.1) is 12.2 Å². The zero-order valence-corrected chi connectivity index (χ0v) is 10.6. The first-order chi connectivity index (χ1) is 8.70. The molecule has 0 spiro atoms. The maximum Gasteiger partial charge on any atom is 0.338 e. The first-order valence-electron chi connectivity index (χ1n) is 6.05. The van der Waals surface area contributed by atoms with Crippen LogP contribution in [0.3, 0.4) is 0 Å². The summed E-state index contributed by atoms with van der Waals surface area (Å²) in [5.74, 6) is -0.270. The molecule has 2 aromatic carbocycles. The molecule has 0 atom stereocenters. The first kappa shape index (κ1) is 12.4. The summed E-state index contributed by atoms with van der Waals surface area (Å²) in [7, 11) is 0. The largest absolute Gasteiger partial charge is 0.462 e. The Hall–Kier alpha value is -2.09. The fourth-order valence-electron chi connectivity index (χ4n) is 1.76. The van der Waals surface area contributed by atoms with Crippen molar-refractivity contribution in [1.29, 1.82) is 0 Å². The summed E-state index contributed by atoms with van der Waals surface area (Å²) in [6, 6.07) is 15.8. The summed E-state index contributed by atoms with van der Waals surface area (Å²) in [5, 5.41) is 0. The molecule has 0 fully saturated rings. The zero-order chi connectivity index (χ0) is 13.0. The molecule has 0 amide bonds. The van der Waals surface area contributed by atoms with Gasteiger partial charge in [0.25, 0.3) is 0 Å². The molecule has 2 rings (SSSR count). The quantitative estimate of drug-likeness (QED) is 0.762. The van der Waals surface area contributed by atoms with E-state index in [1.807, 2.05) is 12.1 Å². The van der Waals surface area contributed by atoms with Crippen molar-refractivity contribution in [2.45, 2.75) is 13.8 Å². The molecule has 0 N–H and O–H groups in total. The Morgan fingerprint density at radius 2 is 1.44 bits per heavy atom. The average molecular weight is 240 g/mol. The predicted octanol–water partition coefficient (Wildman–Crippen LogP) is 3.84. The maximum absolute atomic E-state index is 11.5. The normalized spacial score (nSPS) is 10.1. The third-order valence-corrected chi connectivity index (χ3v) is 2.78. The van der Waals surface area contributed by atoms with Gasteiger partial charge in [0.2, 0.25) is 0 Å². The van der Waals surface area contributed by atoms with Gasteiger partial charge in [0, 0.05) is 0 Å². The first-order valence-corrected chi connectivity index (χ1v) is 6.05. The van der Waals surface area contributed by atoms with E-state index in [1.54, 1.807) is 19.1 Å². The Morgan fingerprint density at radius 3 is 1.94 bits per heavy atom. The van der Waals surface area contributed by atoms with Crippen LogP contribution in [0, 0.1) is 6.92 Å². The topological polar surface area (TPSA) is 26.3 Å². The van der Waals surface area contributed by atoms with Crippen molar-refractivity contribution in [3.05, 3.63) is 59.7 Å². The molecule has 2 nitrogen and oxygen atoms in total. The van der Waals surface area contributed by atoms with Gasteiger partial charge in [0.15, 0.2) is 0 Å². The van der Waals surface area contributed by atoms with Gasteiger partial charge in [-0.15, -0.1) is 0 Å². The number of esters is 1. The summed E-state index contributed by atoms with van der Waals surface area (Å²) in [5.41, 5.74) is 4.08. The lowest BCUT2D eigenvalue weighted by Crippen LogP contribution is -2.03. The highest BCUT2D eigenvalue weighted by Gasteiger charge is 2.05. The van der Waals surface area contributed by atoms with Crippen molar-refractivity contribution in [3.8, 4) is 11.1 Å². The van der Waals surface area contributed by atoms with E-state index in [0.717, 1.165) is 11.1 Å². The molecule has 0 unspecified atom stereocenters. The Kier molecular flexibility index (Phi) is 3.78. The van der Waals surface area contributed by atoms with Gasteiger partial charge in [-0.2, -0.15) is 0 Å². The van der Waals surface area contributed by atoms with E-state index in [2.05, 4.69) is 31.2 Å². The fourth-order valence-corrected chi connectivity index (χ4v) is 1.76. The van der Waals surface area contributed by atoms with Crippen LogP contribution in [0.15, 0.2) is 48.5 Å². The van der Waals surface area contributed by atoms with Gasteiger partial charge >= 0.3 is 5.97 Å². The molecule has 2 heteroatoms. The van der Waals surface area contributed by atoms with Gasteiger partial charge in [-0.1, -0.05) is 42.0 Å². The van der Waals surface area contributed by atoms with Crippen LogP contribution in [-0.2, 0) is 4.74 Å². The van der Waals surface area contributed by atoms with Gasteiger partial charge in [-0.3, -0.25) is 0 Å². The van der Waals surface area contributed by atoms with Crippen LogP contribution in [-0.4, -0.2) is 12.6 Å². The number of hydrogen-bond acceptors (Lipinski definition) is 2. The molecule has 18 heavy (non-hydrogen) atoms. The molecule has 2 aromatic rings. The van der Waals surface area contributed by atoms with Gasteiger partial charge in [-0.25, -0.2) is 4.79 Å². The van der Waals surface area contributed by atoms with Crippen molar-refractivity contribution in [2.24, 2.45) is 0 Å². The van der Waals surface area contributed by atoms with Gasteiger partial charge in [-0.05, 0) is 37.1 Å². The molecule has 92 valence electrons. The number of benzene rings is 2. The van der Waals surface area contributed by atoms with Crippen molar-refractivity contribution in [3.63, 3.8) is 0 Å². The lowest BCUT2D eigenvalue weighted by Gasteiger charge is -2.04. The number of carbonyl (C=O) groups excluding carboxylic acids is 1. The number of rotatable bonds is 3. The summed E-state index contributed by atoms with van der Waals surface area (Å²) < 4.78 is 4.95. The molecule has 0 saturated heterocycles. The standard InChI is InChI=1S/C16H16O2/c1-3-18-16(17)15-10-8-14(9-11-15)13-6-4-12(2)5-7-13/h4-11H,3H2,1-2H3. The lowest BCUT2D eigenvalue weighted by atomic mass is 10.0. The Balaban J connectivity index is 2.22.